The minimum absolute atomic E-state index is 0. The largest absolute Gasteiger partial charge is 0.340 e. The molecule has 1 aromatic rings. The van der Waals surface area contributed by atoms with Crippen molar-refractivity contribution in [2.45, 2.75) is 39.3 Å². The minimum Gasteiger partial charge on any atom is -0.340 e. The second-order valence-corrected chi connectivity index (χ2v) is 7.84. The van der Waals surface area contributed by atoms with Gasteiger partial charge in [-0.2, -0.15) is 0 Å². The fraction of sp³-hybridized carbons (Fsp3) is 0.750. The summed E-state index contributed by atoms with van der Waals surface area (Å²) in [5, 5.41) is 4.55. The SMILES string of the molecule is Cc1ncc(CN2CCN(C(=O)[C@H]3CCN[C@@H](C)C3)CC2)s1.Cl. The molecule has 7 heteroatoms. The summed E-state index contributed by atoms with van der Waals surface area (Å²) in [5.41, 5.74) is 0. The smallest absolute Gasteiger partial charge is 0.225 e. The highest BCUT2D eigenvalue weighted by molar-refractivity contribution is 7.11. The molecular weight excluding hydrogens is 332 g/mol. The Labute approximate surface area is 148 Å². The predicted molar refractivity (Wildman–Crippen MR) is 96.1 cm³/mol. The molecule has 0 aromatic carbocycles. The number of piperazine rings is 1. The van der Waals surface area contributed by atoms with E-state index in [0.29, 0.717) is 11.9 Å². The van der Waals surface area contributed by atoms with Crippen molar-refractivity contribution in [2.75, 3.05) is 32.7 Å². The van der Waals surface area contributed by atoms with E-state index in [9.17, 15) is 4.79 Å². The van der Waals surface area contributed by atoms with Crippen LogP contribution in [-0.2, 0) is 11.3 Å². The van der Waals surface area contributed by atoms with Crippen molar-refractivity contribution in [2.24, 2.45) is 5.92 Å². The van der Waals surface area contributed by atoms with E-state index >= 15 is 0 Å². The molecule has 0 radical (unpaired) electrons. The van der Waals surface area contributed by atoms with Crippen LogP contribution < -0.4 is 5.32 Å². The Morgan fingerprint density at radius 3 is 2.74 bits per heavy atom. The van der Waals surface area contributed by atoms with Gasteiger partial charge in [-0.15, -0.1) is 23.7 Å². The Morgan fingerprint density at radius 2 is 2.13 bits per heavy atom. The minimum atomic E-state index is 0. The molecule has 5 nitrogen and oxygen atoms in total. The van der Waals surface area contributed by atoms with Gasteiger partial charge in [0, 0.05) is 55.8 Å². The van der Waals surface area contributed by atoms with Crippen LogP contribution >= 0.6 is 23.7 Å². The Morgan fingerprint density at radius 1 is 1.39 bits per heavy atom. The molecule has 1 amide bonds. The van der Waals surface area contributed by atoms with Crippen LogP contribution in [0, 0.1) is 12.8 Å². The number of piperidine rings is 1. The van der Waals surface area contributed by atoms with Gasteiger partial charge in [-0.3, -0.25) is 9.69 Å². The lowest BCUT2D eigenvalue weighted by molar-refractivity contribution is -0.138. The normalized spacial score (nSPS) is 25.9. The molecule has 1 N–H and O–H groups in total. The van der Waals surface area contributed by atoms with Gasteiger partial charge in [-0.05, 0) is 33.2 Å². The van der Waals surface area contributed by atoms with Gasteiger partial charge in [0.1, 0.15) is 0 Å². The number of aryl methyl sites for hydroxylation is 1. The van der Waals surface area contributed by atoms with Gasteiger partial charge < -0.3 is 10.2 Å². The Bertz CT molecular complexity index is 516. The zero-order valence-corrected chi connectivity index (χ0v) is 15.6. The van der Waals surface area contributed by atoms with Gasteiger partial charge >= 0.3 is 0 Å². The molecule has 0 saturated carbocycles. The van der Waals surface area contributed by atoms with Gasteiger partial charge in [0.25, 0.3) is 0 Å². The average molecular weight is 359 g/mol. The Kier molecular flexibility index (Phi) is 6.83. The molecule has 0 unspecified atom stereocenters. The van der Waals surface area contributed by atoms with E-state index in [-0.39, 0.29) is 18.3 Å². The summed E-state index contributed by atoms with van der Waals surface area (Å²) < 4.78 is 0. The van der Waals surface area contributed by atoms with E-state index < -0.39 is 0 Å². The number of hydrogen-bond donors (Lipinski definition) is 1. The van der Waals surface area contributed by atoms with Crippen molar-refractivity contribution in [1.82, 2.24) is 20.1 Å². The molecule has 0 bridgehead atoms. The van der Waals surface area contributed by atoms with Crippen LogP contribution in [0.3, 0.4) is 0 Å². The van der Waals surface area contributed by atoms with E-state index in [0.717, 1.165) is 57.1 Å². The number of thiazole rings is 1. The molecule has 130 valence electrons. The number of halogens is 1. The standard InChI is InChI=1S/C16H26N4OS.ClH/c1-12-9-14(3-4-17-12)16(21)20-7-5-19(6-8-20)11-15-10-18-13(2)22-15;/h10,12,14,17H,3-9,11H2,1-2H3;1H/t12-,14-;/m0./s1. The molecule has 1 aromatic heterocycles. The fourth-order valence-electron chi connectivity index (χ4n) is 3.44. The number of rotatable bonds is 3. The van der Waals surface area contributed by atoms with Crippen LogP contribution in [0.4, 0.5) is 0 Å². The molecule has 23 heavy (non-hydrogen) atoms. The molecule has 3 rings (SSSR count). The number of amides is 1. The number of aromatic nitrogens is 1. The second-order valence-electron chi connectivity index (χ2n) is 6.52. The van der Waals surface area contributed by atoms with Crippen LogP contribution in [-0.4, -0.2) is 59.5 Å². The highest BCUT2D eigenvalue weighted by Gasteiger charge is 2.30. The first-order valence-corrected chi connectivity index (χ1v) is 9.09. The van der Waals surface area contributed by atoms with Crippen LogP contribution in [0.5, 0.6) is 0 Å². The van der Waals surface area contributed by atoms with Crippen molar-refractivity contribution in [3.63, 3.8) is 0 Å². The summed E-state index contributed by atoms with van der Waals surface area (Å²) in [7, 11) is 0. The Balaban J connectivity index is 0.00000192. The van der Waals surface area contributed by atoms with E-state index in [2.05, 4.69) is 27.0 Å². The number of nitrogens with one attached hydrogen (secondary N) is 1. The monoisotopic (exact) mass is 358 g/mol. The van der Waals surface area contributed by atoms with Crippen molar-refractivity contribution < 1.29 is 4.79 Å². The average Bonchev–Trinajstić information content (AvgIpc) is 2.92. The van der Waals surface area contributed by atoms with E-state index in [1.165, 1.54) is 4.88 Å². The lowest BCUT2D eigenvalue weighted by atomic mass is 9.92. The third-order valence-corrected chi connectivity index (χ3v) is 5.60. The van der Waals surface area contributed by atoms with E-state index in [4.69, 9.17) is 0 Å². The van der Waals surface area contributed by atoms with Gasteiger partial charge in [0.05, 0.1) is 5.01 Å². The number of carbonyl (C=O) groups excluding carboxylic acids is 1. The molecule has 3 heterocycles. The molecule has 2 aliphatic rings. The van der Waals surface area contributed by atoms with Crippen molar-refractivity contribution in [1.29, 1.82) is 0 Å². The highest BCUT2D eigenvalue weighted by Crippen LogP contribution is 2.20. The van der Waals surface area contributed by atoms with Gasteiger partial charge in [0.15, 0.2) is 0 Å². The van der Waals surface area contributed by atoms with Crippen LogP contribution in [0.2, 0.25) is 0 Å². The van der Waals surface area contributed by atoms with E-state index in [1.54, 1.807) is 11.3 Å². The zero-order chi connectivity index (χ0) is 15.5. The third-order valence-electron chi connectivity index (χ3n) is 4.71. The Hall–Kier alpha value is -0.690. The highest BCUT2D eigenvalue weighted by atomic mass is 35.5. The van der Waals surface area contributed by atoms with Gasteiger partial charge in [0.2, 0.25) is 5.91 Å². The van der Waals surface area contributed by atoms with Crippen LogP contribution in [0.1, 0.15) is 29.7 Å². The topological polar surface area (TPSA) is 48.5 Å². The fourth-order valence-corrected chi connectivity index (χ4v) is 4.28. The van der Waals surface area contributed by atoms with Crippen LogP contribution in [0.15, 0.2) is 6.20 Å². The van der Waals surface area contributed by atoms with Gasteiger partial charge in [-0.25, -0.2) is 4.98 Å². The summed E-state index contributed by atoms with van der Waals surface area (Å²) in [5.74, 6) is 0.605. The predicted octanol–water partition coefficient (Wildman–Crippen LogP) is 1.91. The lowest BCUT2D eigenvalue weighted by Crippen LogP contribution is -2.51. The summed E-state index contributed by atoms with van der Waals surface area (Å²) in [6, 6.07) is 0.471. The quantitative estimate of drug-likeness (QED) is 0.896. The molecular formula is C16H27ClN4OS. The van der Waals surface area contributed by atoms with Crippen LogP contribution in [0.25, 0.3) is 0 Å². The number of nitrogens with zero attached hydrogens (tertiary/aromatic N) is 3. The number of hydrogen-bond acceptors (Lipinski definition) is 5. The molecule has 2 atom stereocenters. The summed E-state index contributed by atoms with van der Waals surface area (Å²) >= 11 is 1.77. The second kappa shape index (κ2) is 8.42. The van der Waals surface area contributed by atoms with Crippen molar-refractivity contribution in [3.8, 4) is 0 Å². The lowest BCUT2D eigenvalue weighted by Gasteiger charge is -2.37. The summed E-state index contributed by atoms with van der Waals surface area (Å²) in [6.07, 6.45) is 3.96. The molecule has 2 aliphatic heterocycles. The molecule has 2 fully saturated rings. The maximum Gasteiger partial charge on any atom is 0.225 e. The molecule has 0 aliphatic carbocycles. The summed E-state index contributed by atoms with van der Waals surface area (Å²) in [4.78, 5) is 22.8. The maximum absolute atomic E-state index is 12.6. The first-order valence-electron chi connectivity index (χ1n) is 8.27. The van der Waals surface area contributed by atoms with E-state index in [1.807, 2.05) is 13.1 Å². The first kappa shape index (κ1) is 18.6. The molecule has 0 spiro atoms. The number of carbonyl (C=O) groups is 1. The van der Waals surface area contributed by atoms with Crippen molar-refractivity contribution >= 4 is 29.7 Å². The summed E-state index contributed by atoms with van der Waals surface area (Å²) in [6.45, 7) is 9.86. The molecule has 2 saturated heterocycles. The van der Waals surface area contributed by atoms with Gasteiger partial charge in [-0.1, -0.05) is 0 Å². The maximum atomic E-state index is 12.6. The first-order chi connectivity index (χ1) is 10.6. The zero-order valence-electron chi connectivity index (χ0n) is 14.0. The third kappa shape index (κ3) is 4.89. The van der Waals surface area contributed by atoms with Crippen molar-refractivity contribution in [3.05, 3.63) is 16.1 Å².